The molecule has 0 saturated heterocycles. The van der Waals surface area contributed by atoms with E-state index in [4.69, 9.17) is 0 Å². The summed E-state index contributed by atoms with van der Waals surface area (Å²) >= 11 is 0. The molecule has 0 bridgehead atoms. The van der Waals surface area contributed by atoms with Crippen molar-refractivity contribution in [2.24, 2.45) is 0 Å². The number of H-pyrrole nitrogens is 1. The highest BCUT2D eigenvalue weighted by molar-refractivity contribution is 5.83. The minimum atomic E-state index is 0.590. The number of aryl methyl sites for hydroxylation is 2. The van der Waals surface area contributed by atoms with Gasteiger partial charge >= 0.3 is 0 Å². The van der Waals surface area contributed by atoms with Crippen molar-refractivity contribution in [3.8, 4) is 0 Å². The molecule has 0 amide bonds. The summed E-state index contributed by atoms with van der Waals surface area (Å²) in [5, 5.41) is 5.05. The van der Waals surface area contributed by atoms with Crippen molar-refractivity contribution in [3.05, 3.63) is 77.5 Å². The number of aromatic amines is 1. The van der Waals surface area contributed by atoms with E-state index in [1.807, 2.05) is 0 Å². The van der Waals surface area contributed by atoms with Gasteiger partial charge in [0.05, 0.1) is 0 Å². The van der Waals surface area contributed by atoms with Crippen molar-refractivity contribution >= 4 is 16.5 Å². The van der Waals surface area contributed by atoms with E-state index in [0.717, 1.165) is 19.4 Å². The third-order valence-electron chi connectivity index (χ3n) is 5.25. The van der Waals surface area contributed by atoms with Crippen LogP contribution in [-0.4, -0.2) is 17.6 Å². The minimum absolute atomic E-state index is 0.590. The standard InChI is InChI=1S/C23H26N2/c1-17-15-22-19(10-6-12-23(22)25-17)9-5-11-21-16-20(13-14-24-21)18-7-3-2-4-8-18/h2-4,6-8,10,12-13,15,21,24-25H,5,9,11,14,16H2,1H3. The van der Waals surface area contributed by atoms with E-state index >= 15 is 0 Å². The van der Waals surface area contributed by atoms with E-state index in [1.54, 1.807) is 0 Å². The van der Waals surface area contributed by atoms with E-state index < -0.39 is 0 Å². The predicted molar refractivity (Wildman–Crippen MR) is 107 cm³/mol. The van der Waals surface area contributed by atoms with Gasteiger partial charge in [-0.1, -0.05) is 48.5 Å². The van der Waals surface area contributed by atoms with Crippen molar-refractivity contribution in [1.82, 2.24) is 10.3 Å². The number of benzene rings is 2. The molecule has 0 spiro atoms. The zero-order chi connectivity index (χ0) is 17.1. The summed E-state index contributed by atoms with van der Waals surface area (Å²) in [5.74, 6) is 0. The molecule has 128 valence electrons. The first-order valence-electron chi connectivity index (χ1n) is 9.34. The van der Waals surface area contributed by atoms with Crippen LogP contribution in [0.15, 0.2) is 60.7 Å². The van der Waals surface area contributed by atoms with Crippen LogP contribution < -0.4 is 5.32 Å². The Labute approximate surface area is 150 Å². The first-order valence-corrected chi connectivity index (χ1v) is 9.34. The number of aromatic nitrogens is 1. The molecular weight excluding hydrogens is 304 g/mol. The summed E-state index contributed by atoms with van der Waals surface area (Å²) in [7, 11) is 0. The van der Waals surface area contributed by atoms with E-state index in [1.165, 1.54) is 46.1 Å². The van der Waals surface area contributed by atoms with Gasteiger partial charge in [-0.15, -0.1) is 0 Å². The molecule has 1 atom stereocenters. The van der Waals surface area contributed by atoms with E-state index in [9.17, 15) is 0 Å². The lowest BCUT2D eigenvalue weighted by Gasteiger charge is -2.24. The Hall–Kier alpha value is -2.32. The number of fused-ring (bicyclic) bond motifs is 1. The van der Waals surface area contributed by atoms with Gasteiger partial charge in [0.15, 0.2) is 0 Å². The SMILES string of the molecule is Cc1cc2c(CCCC3CC(c4ccccc4)=CCN3)cccc2[nH]1. The zero-order valence-corrected chi connectivity index (χ0v) is 14.9. The topological polar surface area (TPSA) is 27.8 Å². The van der Waals surface area contributed by atoms with Crippen LogP contribution in [0.25, 0.3) is 16.5 Å². The lowest BCUT2D eigenvalue weighted by molar-refractivity contribution is 0.486. The summed E-state index contributed by atoms with van der Waals surface area (Å²) in [6.45, 7) is 3.12. The van der Waals surface area contributed by atoms with Crippen LogP contribution in [-0.2, 0) is 6.42 Å². The molecule has 2 aromatic carbocycles. The normalized spacial score (nSPS) is 17.6. The van der Waals surface area contributed by atoms with Gasteiger partial charge in [0, 0.05) is 29.2 Å². The molecule has 2 N–H and O–H groups in total. The van der Waals surface area contributed by atoms with Gasteiger partial charge in [-0.2, -0.15) is 0 Å². The van der Waals surface area contributed by atoms with Crippen molar-refractivity contribution < 1.29 is 0 Å². The molecule has 1 unspecified atom stereocenters. The Bertz CT molecular complexity index is 874. The Morgan fingerprint density at radius 2 is 1.92 bits per heavy atom. The quantitative estimate of drug-likeness (QED) is 0.657. The van der Waals surface area contributed by atoms with Gasteiger partial charge in [-0.25, -0.2) is 0 Å². The highest BCUT2D eigenvalue weighted by atomic mass is 14.9. The summed E-state index contributed by atoms with van der Waals surface area (Å²) in [5.41, 5.74) is 6.85. The molecule has 0 radical (unpaired) electrons. The lowest BCUT2D eigenvalue weighted by Crippen LogP contribution is -2.32. The largest absolute Gasteiger partial charge is 0.359 e. The number of hydrogen-bond donors (Lipinski definition) is 2. The third kappa shape index (κ3) is 3.69. The maximum absolute atomic E-state index is 3.66. The van der Waals surface area contributed by atoms with Gasteiger partial charge < -0.3 is 10.3 Å². The van der Waals surface area contributed by atoms with Crippen LogP contribution >= 0.6 is 0 Å². The molecule has 25 heavy (non-hydrogen) atoms. The van der Waals surface area contributed by atoms with Gasteiger partial charge in [-0.05, 0) is 61.4 Å². The molecule has 3 aromatic rings. The fourth-order valence-corrected chi connectivity index (χ4v) is 3.98. The molecule has 1 aromatic heterocycles. The van der Waals surface area contributed by atoms with Crippen LogP contribution in [0, 0.1) is 6.92 Å². The Morgan fingerprint density at radius 3 is 2.80 bits per heavy atom. The average molecular weight is 330 g/mol. The maximum atomic E-state index is 3.66. The first kappa shape index (κ1) is 16.2. The molecule has 2 nitrogen and oxygen atoms in total. The second kappa shape index (κ2) is 7.28. The number of nitrogens with one attached hydrogen (secondary N) is 2. The van der Waals surface area contributed by atoms with E-state index in [-0.39, 0.29) is 0 Å². The lowest BCUT2D eigenvalue weighted by atomic mass is 9.92. The third-order valence-corrected chi connectivity index (χ3v) is 5.25. The van der Waals surface area contributed by atoms with E-state index in [0.29, 0.717) is 6.04 Å². The molecule has 0 aliphatic carbocycles. The zero-order valence-electron chi connectivity index (χ0n) is 14.9. The van der Waals surface area contributed by atoms with Crippen LogP contribution in [0.3, 0.4) is 0 Å². The molecule has 1 aliphatic rings. The van der Waals surface area contributed by atoms with Crippen molar-refractivity contribution in [1.29, 1.82) is 0 Å². The highest BCUT2D eigenvalue weighted by Crippen LogP contribution is 2.25. The average Bonchev–Trinajstić information content (AvgIpc) is 3.04. The van der Waals surface area contributed by atoms with Gasteiger partial charge in [0.1, 0.15) is 0 Å². The predicted octanol–water partition coefficient (Wildman–Crippen LogP) is 5.24. The van der Waals surface area contributed by atoms with Gasteiger partial charge in [-0.3, -0.25) is 0 Å². The minimum Gasteiger partial charge on any atom is -0.359 e. The summed E-state index contributed by atoms with van der Waals surface area (Å²) in [6, 6.07) is 20.3. The molecule has 0 saturated carbocycles. The van der Waals surface area contributed by atoms with Crippen molar-refractivity contribution in [2.45, 2.75) is 38.6 Å². The second-order valence-corrected chi connectivity index (χ2v) is 7.13. The molecule has 0 fully saturated rings. The van der Waals surface area contributed by atoms with Gasteiger partial charge in [0.25, 0.3) is 0 Å². The molecule has 2 heteroatoms. The van der Waals surface area contributed by atoms with Gasteiger partial charge in [0.2, 0.25) is 0 Å². The highest BCUT2D eigenvalue weighted by Gasteiger charge is 2.15. The molecule has 2 heterocycles. The number of rotatable bonds is 5. The summed E-state index contributed by atoms with van der Waals surface area (Å²) < 4.78 is 0. The smallest absolute Gasteiger partial charge is 0.0458 e. The molecule has 4 rings (SSSR count). The first-order chi connectivity index (χ1) is 12.3. The fourth-order valence-electron chi connectivity index (χ4n) is 3.98. The van der Waals surface area contributed by atoms with Crippen LogP contribution in [0.2, 0.25) is 0 Å². The van der Waals surface area contributed by atoms with E-state index in [2.05, 4.69) is 77.9 Å². The summed E-state index contributed by atoms with van der Waals surface area (Å²) in [4.78, 5) is 3.44. The monoisotopic (exact) mass is 330 g/mol. The number of hydrogen-bond acceptors (Lipinski definition) is 1. The van der Waals surface area contributed by atoms with Crippen molar-refractivity contribution in [3.63, 3.8) is 0 Å². The second-order valence-electron chi connectivity index (χ2n) is 7.13. The van der Waals surface area contributed by atoms with Crippen LogP contribution in [0.4, 0.5) is 0 Å². The maximum Gasteiger partial charge on any atom is 0.0458 e. The van der Waals surface area contributed by atoms with Crippen molar-refractivity contribution in [2.75, 3.05) is 6.54 Å². The molecule has 1 aliphatic heterocycles. The van der Waals surface area contributed by atoms with Crippen LogP contribution in [0.5, 0.6) is 0 Å². The summed E-state index contributed by atoms with van der Waals surface area (Å²) in [6.07, 6.45) is 7.08. The Balaban J connectivity index is 1.36. The fraction of sp³-hybridized carbons (Fsp3) is 0.304. The molecular formula is C23H26N2. The Kier molecular flexibility index (Phi) is 4.71. The van der Waals surface area contributed by atoms with Crippen LogP contribution in [0.1, 0.15) is 36.1 Å². The Morgan fingerprint density at radius 1 is 1.04 bits per heavy atom.